The van der Waals surface area contributed by atoms with Gasteiger partial charge in [-0.25, -0.2) is 0 Å². The molecule has 1 radical (unpaired) electrons. The van der Waals surface area contributed by atoms with Crippen LogP contribution in [0.2, 0.25) is 5.02 Å². The van der Waals surface area contributed by atoms with E-state index >= 15 is 0 Å². The van der Waals surface area contributed by atoms with E-state index in [1.807, 2.05) is 11.6 Å². The molecule has 1 fully saturated rings. The van der Waals surface area contributed by atoms with E-state index in [9.17, 15) is 0 Å². The average Bonchev–Trinajstić information content (AvgIpc) is 2.74. The second-order valence-electron chi connectivity index (χ2n) is 3.14. The van der Waals surface area contributed by atoms with Gasteiger partial charge < -0.3 is 0 Å². The summed E-state index contributed by atoms with van der Waals surface area (Å²) in [6, 6.07) is 0. The van der Waals surface area contributed by atoms with Crippen LogP contribution >= 0.6 is 11.6 Å². The lowest BCUT2D eigenvalue weighted by Crippen LogP contribution is -2.03. The Morgan fingerprint density at radius 3 is 2.91 bits per heavy atom. The third-order valence-corrected chi connectivity index (χ3v) is 2.46. The fourth-order valence-electron chi connectivity index (χ4n) is 1.10. The number of aromatic nitrogens is 2. The van der Waals surface area contributed by atoms with Crippen molar-refractivity contribution in [1.29, 1.82) is 0 Å². The van der Waals surface area contributed by atoms with Crippen molar-refractivity contribution in [1.82, 2.24) is 9.78 Å². The SMILES string of the molecule is Cc1c(Cl)[c]nn1CC1CC1. The van der Waals surface area contributed by atoms with Crippen molar-refractivity contribution in [3.8, 4) is 0 Å². The van der Waals surface area contributed by atoms with Crippen LogP contribution in [0.25, 0.3) is 0 Å². The highest BCUT2D eigenvalue weighted by atomic mass is 35.5. The van der Waals surface area contributed by atoms with Crippen LogP contribution in [0.4, 0.5) is 0 Å². The van der Waals surface area contributed by atoms with Crippen molar-refractivity contribution in [3.63, 3.8) is 0 Å². The molecule has 1 saturated carbocycles. The first-order chi connectivity index (χ1) is 5.27. The predicted molar refractivity (Wildman–Crippen MR) is 43.5 cm³/mol. The molecule has 0 spiro atoms. The minimum absolute atomic E-state index is 0.658. The molecule has 0 amide bonds. The van der Waals surface area contributed by atoms with Crippen LogP contribution in [0.3, 0.4) is 0 Å². The molecule has 0 bridgehead atoms. The summed E-state index contributed by atoms with van der Waals surface area (Å²) in [5, 5.41) is 4.71. The van der Waals surface area contributed by atoms with Crippen LogP contribution in [0, 0.1) is 19.0 Å². The monoisotopic (exact) mass is 169 g/mol. The maximum Gasteiger partial charge on any atom is 0.133 e. The van der Waals surface area contributed by atoms with Crippen LogP contribution in [-0.2, 0) is 6.54 Å². The second kappa shape index (κ2) is 2.52. The molecule has 1 heterocycles. The third kappa shape index (κ3) is 1.41. The summed E-state index contributed by atoms with van der Waals surface area (Å²) in [6.45, 7) is 3.00. The van der Waals surface area contributed by atoms with Crippen LogP contribution in [0.5, 0.6) is 0 Å². The standard InChI is InChI=1S/C8H10ClN2/c1-6-8(9)4-10-11(6)5-7-2-3-7/h7H,2-3,5H2,1H3. The van der Waals surface area contributed by atoms with Gasteiger partial charge in [-0.1, -0.05) is 11.6 Å². The molecule has 1 aliphatic rings. The molecule has 2 nitrogen and oxygen atoms in total. The molecule has 2 rings (SSSR count). The number of halogens is 1. The summed E-state index contributed by atoms with van der Waals surface area (Å²) in [6.07, 6.45) is 5.44. The van der Waals surface area contributed by atoms with Gasteiger partial charge >= 0.3 is 0 Å². The van der Waals surface area contributed by atoms with Crippen molar-refractivity contribution in [3.05, 3.63) is 16.9 Å². The molecule has 59 valence electrons. The van der Waals surface area contributed by atoms with Gasteiger partial charge in [0.1, 0.15) is 6.20 Å². The Kier molecular flexibility index (Phi) is 1.64. The quantitative estimate of drug-likeness (QED) is 0.663. The Balaban J connectivity index is 2.15. The predicted octanol–water partition coefficient (Wildman–Crippen LogP) is 2.06. The Bertz CT molecular complexity index is 263. The molecular weight excluding hydrogens is 160 g/mol. The number of rotatable bonds is 2. The minimum Gasteiger partial charge on any atom is -0.267 e. The first-order valence-electron chi connectivity index (χ1n) is 3.88. The lowest BCUT2D eigenvalue weighted by atomic mass is 10.4. The molecule has 11 heavy (non-hydrogen) atoms. The molecule has 1 aliphatic carbocycles. The molecule has 0 saturated heterocycles. The maximum absolute atomic E-state index is 5.79. The van der Waals surface area contributed by atoms with E-state index in [2.05, 4.69) is 11.3 Å². The zero-order chi connectivity index (χ0) is 7.84. The summed E-state index contributed by atoms with van der Waals surface area (Å²) >= 11 is 5.79. The Labute approximate surface area is 71.2 Å². The van der Waals surface area contributed by atoms with E-state index in [0.29, 0.717) is 5.02 Å². The molecule has 0 aliphatic heterocycles. The van der Waals surface area contributed by atoms with Crippen molar-refractivity contribution in [2.24, 2.45) is 5.92 Å². The maximum atomic E-state index is 5.79. The van der Waals surface area contributed by atoms with Crippen LogP contribution in [0.1, 0.15) is 18.5 Å². The van der Waals surface area contributed by atoms with Crippen molar-refractivity contribution >= 4 is 11.6 Å². The van der Waals surface area contributed by atoms with Gasteiger partial charge in [0.2, 0.25) is 0 Å². The molecule has 0 aromatic carbocycles. The number of hydrogen-bond donors (Lipinski definition) is 0. The Morgan fingerprint density at radius 1 is 1.73 bits per heavy atom. The van der Waals surface area contributed by atoms with E-state index < -0.39 is 0 Å². The highest BCUT2D eigenvalue weighted by Crippen LogP contribution is 2.31. The normalized spacial score (nSPS) is 17.3. The van der Waals surface area contributed by atoms with Crippen molar-refractivity contribution in [2.45, 2.75) is 26.3 Å². The van der Waals surface area contributed by atoms with Gasteiger partial charge in [-0.05, 0) is 25.7 Å². The molecule has 3 heteroatoms. The number of hydrogen-bond acceptors (Lipinski definition) is 1. The third-order valence-electron chi connectivity index (χ3n) is 2.10. The molecule has 0 N–H and O–H groups in total. The summed E-state index contributed by atoms with van der Waals surface area (Å²) in [7, 11) is 0. The Morgan fingerprint density at radius 2 is 2.45 bits per heavy atom. The van der Waals surface area contributed by atoms with Crippen LogP contribution < -0.4 is 0 Å². The fourth-order valence-corrected chi connectivity index (χ4v) is 1.23. The lowest BCUT2D eigenvalue weighted by molar-refractivity contribution is 0.549. The van der Waals surface area contributed by atoms with Crippen molar-refractivity contribution < 1.29 is 0 Å². The van der Waals surface area contributed by atoms with E-state index in [1.165, 1.54) is 12.8 Å². The Hall–Kier alpha value is -0.500. The highest BCUT2D eigenvalue weighted by Gasteiger charge is 2.22. The van der Waals surface area contributed by atoms with Gasteiger partial charge in [0.15, 0.2) is 0 Å². The number of nitrogens with zero attached hydrogens (tertiary/aromatic N) is 2. The largest absolute Gasteiger partial charge is 0.267 e. The summed E-state index contributed by atoms with van der Waals surface area (Å²) in [4.78, 5) is 0. The topological polar surface area (TPSA) is 17.8 Å². The molecular formula is C8H10ClN2. The minimum atomic E-state index is 0.658. The van der Waals surface area contributed by atoms with Gasteiger partial charge in [0.05, 0.1) is 10.7 Å². The highest BCUT2D eigenvalue weighted by molar-refractivity contribution is 6.30. The average molecular weight is 170 g/mol. The molecule has 0 atom stereocenters. The summed E-state index contributed by atoms with van der Waals surface area (Å²) in [5.41, 5.74) is 1.04. The second-order valence-corrected chi connectivity index (χ2v) is 3.51. The van der Waals surface area contributed by atoms with Gasteiger partial charge in [0, 0.05) is 6.54 Å². The van der Waals surface area contributed by atoms with E-state index in [0.717, 1.165) is 18.2 Å². The molecule has 1 aromatic rings. The lowest BCUT2D eigenvalue weighted by Gasteiger charge is -2.00. The summed E-state index contributed by atoms with van der Waals surface area (Å²) in [5.74, 6) is 0.845. The zero-order valence-electron chi connectivity index (χ0n) is 6.47. The smallest absolute Gasteiger partial charge is 0.133 e. The first-order valence-corrected chi connectivity index (χ1v) is 4.26. The fraction of sp³-hybridized carbons (Fsp3) is 0.625. The van der Waals surface area contributed by atoms with Crippen LogP contribution in [0.15, 0.2) is 0 Å². The van der Waals surface area contributed by atoms with Gasteiger partial charge in [-0.2, -0.15) is 5.10 Å². The summed E-state index contributed by atoms with van der Waals surface area (Å²) < 4.78 is 1.94. The van der Waals surface area contributed by atoms with E-state index in [4.69, 9.17) is 11.6 Å². The van der Waals surface area contributed by atoms with Gasteiger partial charge in [0.25, 0.3) is 0 Å². The van der Waals surface area contributed by atoms with E-state index in [1.54, 1.807) is 0 Å². The van der Waals surface area contributed by atoms with Crippen molar-refractivity contribution in [2.75, 3.05) is 0 Å². The van der Waals surface area contributed by atoms with Crippen LogP contribution in [-0.4, -0.2) is 9.78 Å². The molecule has 0 unspecified atom stereocenters. The van der Waals surface area contributed by atoms with E-state index in [-0.39, 0.29) is 0 Å². The van der Waals surface area contributed by atoms with Gasteiger partial charge in [-0.15, -0.1) is 0 Å². The first kappa shape index (κ1) is 7.17. The molecule has 1 aromatic heterocycles. The zero-order valence-corrected chi connectivity index (χ0v) is 7.23. The van der Waals surface area contributed by atoms with Gasteiger partial charge in [-0.3, -0.25) is 4.68 Å².